The van der Waals surface area contributed by atoms with Crippen molar-refractivity contribution in [2.45, 2.75) is 45.2 Å². The van der Waals surface area contributed by atoms with Gasteiger partial charge in [0.25, 0.3) is 0 Å². The molecule has 0 aromatic heterocycles. The number of amides is 2. The molecule has 15 heavy (non-hydrogen) atoms. The first-order chi connectivity index (χ1) is 6.85. The molecule has 0 radical (unpaired) electrons. The van der Waals surface area contributed by atoms with E-state index in [1.165, 1.54) is 0 Å². The van der Waals surface area contributed by atoms with Crippen molar-refractivity contribution in [3.05, 3.63) is 0 Å². The Morgan fingerprint density at radius 2 is 2.13 bits per heavy atom. The summed E-state index contributed by atoms with van der Waals surface area (Å²) in [4.78, 5) is 15.6. The number of hydrogen-bond acceptors (Lipinski definition) is 2. The molecule has 1 rings (SSSR count). The molecule has 4 nitrogen and oxygen atoms in total. The maximum absolute atomic E-state index is 11.9. The molecular weight excluding hydrogens is 190 g/mol. The largest absolute Gasteiger partial charge is 0.324 e. The Hall–Kier alpha value is -0.770. The van der Waals surface area contributed by atoms with Gasteiger partial charge in [-0.2, -0.15) is 0 Å². The van der Waals surface area contributed by atoms with Gasteiger partial charge in [0.2, 0.25) is 0 Å². The third-order valence-corrected chi connectivity index (χ3v) is 2.77. The molecular formula is C11H23N3O. The van der Waals surface area contributed by atoms with Crippen LogP contribution < -0.4 is 5.73 Å². The Labute approximate surface area is 92.4 Å². The number of carbonyl (C=O) groups excluding carboxylic acids is 1. The first-order valence-corrected chi connectivity index (χ1v) is 5.66. The molecule has 2 amide bonds. The van der Waals surface area contributed by atoms with Crippen LogP contribution >= 0.6 is 0 Å². The Bertz CT molecular complexity index is 234. The smallest absolute Gasteiger partial charge is 0.320 e. The van der Waals surface area contributed by atoms with Crippen molar-refractivity contribution in [2.75, 3.05) is 20.1 Å². The van der Waals surface area contributed by atoms with E-state index in [9.17, 15) is 4.79 Å². The predicted octanol–water partition coefficient (Wildman–Crippen LogP) is 1.26. The second kappa shape index (κ2) is 4.39. The van der Waals surface area contributed by atoms with Crippen LogP contribution in [0, 0.1) is 0 Å². The van der Waals surface area contributed by atoms with E-state index in [0.717, 1.165) is 19.4 Å². The van der Waals surface area contributed by atoms with E-state index in [-0.39, 0.29) is 11.6 Å². The van der Waals surface area contributed by atoms with Gasteiger partial charge in [-0.1, -0.05) is 13.3 Å². The minimum absolute atomic E-state index is 0.118. The van der Waals surface area contributed by atoms with Crippen LogP contribution in [0.15, 0.2) is 0 Å². The lowest BCUT2D eigenvalue weighted by molar-refractivity contribution is 0.188. The highest BCUT2D eigenvalue weighted by molar-refractivity contribution is 5.77. The van der Waals surface area contributed by atoms with Gasteiger partial charge in [0, 0.05) is 25.7 Å². The van der Waals surface area contributed by atoms with E-state index in [4.69, 9.17) is 5.73 Å². The maximum Gasteiger partial charge on any atom is 0.320 e. The minimum Gasteiger partial charge on any atom is -0.324 e. The number of likely N-dealkylation sites (N-methyl/N-ethyl adjacent to an activating group) is 1. The number of nitrogens with zero attached hydrogens (tertiary/aromatic N) is 2. The van der Waals surface area contributed by atoms with Crippen LogP contribution in [0.5, 0.6) is 0 Å². The Morgan fingerprint density at radius 1 is 1.53 bits per heavy atom. The summed E-state index contributed by atoms with van der Waals surface area (Å²) in [5.74, 6) is 0. The van der Waals surface area contributed by atoms with Gasteiger partial charge >= 0.3 is 6.03 Å². The molecule has 0 aromatic rings. The normalized spacial score (nSPS) is 22.7. The molecule has 2 N–H and O–H groups in total. The molecule has 0 saturated carbocycles. The number of rotatable bonds is 4. The highest BCUT2D eigenvalue weighted by Crippen LogP contribution is 2.19. The summed E-state index contributed by atoms with van der Waals surface area (Å²) in [6, 6.07) is 0.483. The fourth-order valence-electron chi connectivity index (χ4n) is 2.08. The molecule has 1 aliphatic rings. The summed E-state index contributed by atoms with van der Waals surface area (Å²) in [5.41, 5.74) is 5.62. The summed E-state index contributed by atoms with van der Waals surface area (Å²) in [6.07, 6.45) is 2.19. The third kappa shape index (κ3) is 3.09. The van der Waals surface area contributed by atoms with Gasteiger partial charge in [0.05, 0.1) is 6.04 Å². The summed E-state index contributed by atoms with van der Waals surface area (Å²) >= 11 is 0. The third-order valence-electron chi connectivity index (χ3n) is 2.77. The summed E-state index contributed by atoms with van der Waals surface area (Å²) in [7, 11) is 1.88. The van der Waals surface area contributed by atoms with Crippen molar-refractivity contribution in [3.63, 3.8) is 0 Å². The van der Waals surface area contributed by atoms with E-state index in [1.54, 1.807) is 0 Å². The molecule has 1 saturated heterocycles. The average molecular weight is 213 g/mol. The van der Waals surface area contributed by atoms with Crippen LogP contribution in [0.4, 0.5) is 4.79 Å². The lowest BCUT2D eigenvalue weighted by Gasteiger charge is -2.25. The topological polar surface area (TPSA) is 49.6 Å². The second-order valence-electron chi connectivity index (χ2n) is 5.21. The van der Waals surface area contributed by atoms with Crippen LogP contribution in [-0.4, -0.2) is 47.5 Å². The summed E-state index contributed by atoms with van der Waals surface area (Å²) in [5, 5.41) is 0. The SMILES string of the molecule is CCCC1CN(CC(C)(C)N)C(=O)N1C. The monoisotopic (exact) mass is 213 g/mol. The van der Waals surface area contributed by atoms with Crippen LogP contribution in [0.3, 0.4) is 0 Å². The van der Waals surface area contributed by atoms with Gasteiger partial charge in [0.1, 0.15) is 0 Å². The van der Waals surface area contributed by atoms with Crippen LogP contribution in [-0.2, 0) is 0 Å². The van der Waals surface area contributed by atoms with Crippen molar-refractivity contribution in [1.82, 2.24) is 9.80 Å². The number of nitrogens with two attached hydrogens (primary N) is 1. The Morgan fingerprint density at radius 3 is 2.60 bits per heavy atom. The Kier molecular flexibility index (Phi) is 3.60. The quantitative estimate of drug-likeness (QED) is 0.764. The highest BCUT2D eigenvalue weighted by atomic mass is 16.2. The van der Waals surface area contributed by atoms with E-state index >= 15 is 0 Å². The molecule has 0 bridgehead atoms. The molecule has 0 aromatic carbocycles. The number of carbonyl (C=O) groups is 1. The zero-order valence-electron chi connectivity index (χ0n) is 10.3. The predicted molar refractivity (Wildman–Crippen MR) is 61.7 cm³/mol. The summed E-state index contributed by atoms with van der Waals surface area (Å²) in [6.45, 7) is 7.51. The van der Waals surface area contributed by atoms with Crippen molar-refractivity contribution >= 4 is 6.03 Å². The van der Waals surface area contributed by atoms with Gasteiger partial charge in [-0.3, -0.25) is 0 Å². The van der Waals surface area contributed by atoms with Gasteiger partial charge in [-0.25, -0.2) is 4.79 Å². The van der Waals surface area contributed by atoms with E-state index in [2.05, 4.69) is 6.92 Å². The maximum atomic E-state index is 11.9. The molecule has 1 heterocycles. The van der Waals surface area contributed by atoms with Crippen molar-refractivity contribution in [2.24, 2.45) is 5.73 Å². The molecule has 1 aliphatic heterocycles. The number of urea groups is 1. The van der Waals surface area contributed by atoms with E-state index < -0.39 is 0 Å². The molecule has 1 fully saturated rings. The van der Waals surface area contributed by atoms with Gasteiger partial charge in [-0.05, 0) is 20.3 Å². The van der Waals surface area contributed by atoms with Crippen molar-refractivity contribution in [3.8, 4) is 0 Å². The fraction of sp³-hybridized carbons (Fsp3) is 0.909. The lowest BCUT2D eigenvalue weighted by Crippen LogP contribution is -2.46. The molecule has 4 heteroatoms. The first-order valence-electron chi connectivity index (χ1n) is 5.66. The van der Waals surface area contributed by atoms with Gasteiger partial charge < -0.3 is 15.5 Å². The lowest BCUT2D eigenvalue weighted by atomic mass is 10.1. The van der Waals surface area contributed by atoms with Crippen molar-refractivity contribution < 1.29 is 4.79 Å². The number of hydrogen-bond donors (Lipinski definition) is 1. The van der Waals surface area contributed by atoms with E-state index in [1.807, 2.05) is 30.7 Å². The van der Waals surface area contributed by atoms with Crippen LogP contribution in [0.25, 0.3) is 0 Å². The molecule has 1 unspecified atom stereocenters. The van der Waals surface area contributed by atoms with Crippen molar-refractivity contribution in [1.29, 1.82) is 0 Å². The van der Waals surface area contributed by atoms with Gasteiger partial charge in [0.15, 0.2) is 0 Å². The molecule has 88 valence electrons. The highest BCUT2D eigenvalue weighted by Gasteiger charge is 2.35. The van der Waals surface area contributed by atoms with E-state index in [0.29, 0.717) is 12.6 Å². The second-order valence-corrected chi connectivity index (χ2v) is 5.21. The standard InChI is InChI=1S/C11H23N3O/c1-5-6-9-7-14(8-11(2,3)12)10(15)13(9)4/h9H,5-8,12H2,1-4H3. The zero-order chi connectivity index (χ0) is 11.6. The molecule has 0 spiro atoms. The zero-order valence-corrected chi connectivity index (χ0v) is 10.3. The average Bonchev–Trinajstić information content (AvgIpc) is 2.32. The first kappa shape index (κ1) is 12.3. The minimum atomic E-state index is -0.308. The van der Waals surface area contributed by atoms with Gasteiger partial charge in [-0.15, -0.1) is 0 Å². The van der Waals surface area contributed by atoms with Crippen LogP contribution in [0.1, 0.15) is 33.6 Å². The summed E-state index contributed by atoms with van der Waals surface area (Å²) < 4.78 is 0. The fourth-order valence-corrected chi connectivity index (χ4v) is 2.08. The Balaban J connectivity index is 2.59. The molecule has 0 aliphatic carbocycles. The molecule has 1 atom stereocenters. The van der Waals surface area contributed by atoms with Crippen LogP contribution in [0.2, 0.25) is 0 Å².